The Labute approximate surface area is 237 Å². The van der Waals surface area contributed by atoms with E-state index in [9.17, 15) is 22.4 Å². The van der Waals surface area contributed by atoms with Crippen molar-refractivity contribution in [3.05, 3.63) is 101 Å². The lowest BCUT2D eigenvalue weighted by atomic mass is 10.0. The largest absolute Gasteiger partial charge is 0.352 e. The van der Waals surface area contributed by atoms with Crippen LogP contribution in [0.25, 0.3) is 0 Å². The van der Waals surface area contributed by atoms with Crippen LogP contribution in [0.3, 0.4) is 0 Å². The molecule has 1 N–H and O–H groups in total. The lowest BCUT2D eigenvalue weighted by Crippen LogP contribution is -2.54. The van der Waals surface area contributed by atoms with Gasteiger partial charge in [-0.2, -0.15) is 0 Å². The van der Waals surface area contributed by atoms with Crippen LogP contribution in [0, 0.1) is 19.7 Å². The van der Waals surface area contributed by atoms with E-state index in [1.54, 1.807) is 31.2 Å². The number of benzene rings is 3. The van der Waals surface area contributed by atoms with Crippen molar-refractivity contribution in [1.82, 2.24) is 10.2 Å². The van der Waals surface area contributed by atoms with Crippen LogP contribution in [-0.2, 0) is 32.6 Å². The van der Waals surface area contributed by atoms with Gasteiger partial charge in [-0.05, 0) is 67.6 Å². The highest BCUT2D eigenvalue weighted by molar-refractivity contribution is 7.92. The molecule has 0 unspecified atom stereocenters. The summed E-state index contributed by atoms with van der Waals surface area (Å²) < 4.78 is 40.7. The first-order chi connectivity index (χ1) is 18.9. The molecular weight excluding hydrogens is 529 g/mol. The molecule has 0 fully saturated rings. The number of carbonyl (C=O) groups excluding carboxylic acids is 2. The van der Waals surface area contributed by atoms with Crippen LogP contribution >= 0.6 is 0 Å². The molecule has 7 nitrogen and oxygen atoms in total. The molecule has 0 radical (unpaired) electrons. The quantitative estimate of drug-likeness (QED) is 0.342. The Bertz CT molecular complexity index is 1410. The molecule has 3 rings (SSSR count). The molecule has 2 atom stereocenters. The van der Waals surface area contributed by atoms with Gasteiger partial charge < -0.3 is 10.2 Å². The van der Waals surface area contributed by atoms with Gasteiger partial charge in [0.2, 0.25) is 21.8 Å². The Hall–Kier alpha value is -3.72. The Morgan fingerprint density at radius 3 is 2.20 bits per heavy atom. The fraction of sp³-hybridized carbons (Fsp3) is 0.355. The number of carbonyl (C=O) groups is 2. The molecule has 0 aliphatic heterocycles. The fourth-order valence-corrected chi connectivity index (χ4v) is 5.26. The van der Waals surface area contributed by atoms with Crippen LogP contribution in [-0.4, -0.2) is 50.0 Å². The van der Waals surface area contributed by atoms with Gasteiger partial charge in [0.15, 0.2) is 0 Å². The van der Waals surface area contributed by atoms with Crippen LogP contribution in [0.4, 0.5) is 10.1 Å². The molecule has 0 aliphatic rings. The maximum Gasteiger partial charge on any atom is 0.244 e. The summed E-state index contributed by atoms with van der Waals surface area (Å²) in [6, 6.07) is 19.4. The van der Waals surface area contributed by atoms with Crippen LogP contribution in [0.5, 0.6) is 0 Å². The third kappa shape index (κ3) is 8.39. The minimum atomic E-state index is -3.86. The molecule has 0 spiro atoms. The zero-order valence-corrected chi connectivity index (χ0v) is 24.5. The summed E-state index contributed by atoms with van der Waals surface area (Å²) >= 11 is 0. The van der Waals surface area contributed by atoms with Gasteiger partial charge in [0.05, 0.1) is 11.9 Å². The first kappa shape index (κ1) is 30.8. The van der Waals surface area contributed by atoms with Crippen LogP contribution in [0.15, 0.2) is 72.8 Å². The Morgan fingerprint density at radius 2 is 1.60 bits per heavy atom. The summed E-state index contributed by atoms with van der Waals surface area (Å²) in [6.07, 6.45) is 1.98. The number of hydrogen-bond acceptors (Lipinski definition) is 4. The van der Waals surface area contributed by atoms with Gasteiger partial charge in [-0.15, -0.1) is 0 Å². The zero-order chi connectivity index (χ0) is 29.4. The molecule has 3 aromatic carbocycles. The van der Waals surface area contributed by atoms with Crippen molar-refractivity contribution >= 4 is 27.5 Å². The van der Waals surface area contributed by atoms with Crippen molar-refractivity contribution in [2.75, 3.05) is 17.1 Å². The second-order valence-corrected chi connectivity index (χ2v) is 12.1. The molecule has 0 saturated heterocycles. The molecule has 0 saturated carbocycles. The van der Waals surface area contributed by atoms with Crippen molar-refractivity contribution in [1.29, 1.82) is 0 Å². The Balaban J connectivity index is 2.08. The number of sulfonamides is 1. The van der Waals surface area contributed by atoms with Gasteiger partial charge in [0.25, 0.3) is 0 Å². The first-order valence-electron chi connectivity index (χ1n) is 13.3. The summed E-state index contributed by atoms with van der Waals surface area (Å²) in [5, 5.41) is 2.99. The molecule has 9 heteroatoms. The third-order valence-electron chi connectivity index (χ3n) is 6.85. The number of anilines is 1. The molecule has 40 heavy (non-hydrogen) atoms. The summed E-state index contributed by atoms with van der Waals surface area (Å²) in [5.74, 6) is -1.31. The minimum absolute atomic E-state index is 0.00502. The lowest BCUT2D eigenvalue weighted by Gasteiger charge is -2.34. The van der Waals surface area contributed by atoms with Gasteiger partial charge in [0, 0.05) is 19.0 Å². The predicted molar refractivity (Wildman–Crippen MR) is 157 cm³/mol. The number of nitrogens with one attached hydrogen (secondary N) is 1. The van der Waals surface area contributed by atoms with E-state index in [1.165, 1.54) is 17.0 Å². The normalized spacial score (nSPS) is 12.8. The molecule has 2 amide bonds. The second kappa shape index (κ2) is 13.6. The SMILES string of the molecule is CC[C@@H](C)NC(=O)[C@@H](Cc1ccccc1)N(Cc1ccc(F)cc1)C(=O)CN(c1cc(C)ccc1C)S(C)(=O)=O. The van der Waals surface area contributed by atoms with Crippen molar-refractivity contribution in [2.24, 2.45) is 0 Å². The number of aryl methyl sites for hydroxylation is 2. The number of halogens is 1. The smallest absolute Gasteiger partial charge is 0.244 e. The van der Waals surface area contributed by atoms with Gasteiger partial charge in [-0.3, -0.25) is 13.9 Å². The van der Waals surface area contributed by atoms with Crippen LogP contribution in [0.2, 0.25) is 0 Å². The van der Waals surface area contributed by atoms with Crippen LogP contribution in [0.1, 0.15) is 42.5 Å². The standard InChI is InChI=1S/C31H38FN3O4S/c1-6-24(4)33-31(37)29(19-25-10-8-7-9-11-25)34(20-26-14-16-27(32)17-15-26)30(36)21-35(40(5,38)39)28-18-22(2)12-13-23(28)3/h7-18,24,29H,6,19-21H2,1-5H3,(H,33,37)/t24-,29-/m1/s1. The van der Waals surface area contributed by atoms with Crippen molar-refractivity contribution in [2.45, 2.75) is 59.2 Å². The highest BCUT2D eigenvalue weighted by Gasteiger charge is 2.33. The number of amides is 2. The molecule has 214 valence electrons. The van der Waals surface area contributed by atoms with Crippen molar-refractivity contribution in [3.63, 3.8) is 0 Å². The maximum atomic E-state index is 14.1. The van der Waals surface area contributed by atoms with E-state index in [1.807, 2.05) is 57.2 Å². The molecule has 0 heterocycles. The van der Waals surface area contributed by atoms with Gasteiger partial charge in [0.1, 0.15) is 18.4 Å². The first-order valence-corrected chi connectivity index (χ1v) is 15.2. The van der Waals surface area contributed by atoms with Gasteiger partial charge in [-0.25, -0.2) is 12.8 Å². The summed E-state index contributed by atoms with van der Waals surface area (Å²) in [4.78, 5) is 29.2. The Morgan fingerprint density at radius 1 is 0.950 bits per heavy atom. The van der Waals surface area contributed by atoms with E-state index in [2.05, 4.69) is 5.32 Å². The molecule has 3 aromatic rings. The maximum absolute atomic E-state index is 14.1. The van der Waals surface area contributed by atoms with E-state index in [0.717, 1.165) is 21.7 Å². The average molecular weight is 568 g/mol. The molecule has 0 aromatic heterocycles. The topological polar surface area (TPSA) is 86.8 Å². The van der Waals surface area contributed by atoms with Crippen molar-refractivity contribution < 1.29 is 22.4 Å². The number of hydrogen-bond donors (Lipinski definition) is 1. The highest BCUT2D eigenvalue weighted by Crippen LogP contribution is 2.25. The molecule has 0 aliphatic carbocycles. The van der Waals surface area contributed by atoms with E-state index in [-0.39, 0.29) is 24.9 Å². The zero-order valence-electron chi connectivity index (χ0n) is 23.7. The average Bonchev–Trinajstić information content (AvgIpc) is 2.91. The summed E-state index contributed by atoms with van der Waals surface area (Å²) in [6.45, 7) is 6.97. The molecular formula is C31H38FN3O4S. The summed E-state index contributed by atoms with van der Waals surface area (Å²) in [7, 11) is -3.86. The van der Waals surface area contributed by atoms with Gasteiger partial charge in [-0.1, -0.05) is 61.5 Å². The van der Waals surface area contributed by atoms with E-state index in [4.69, 9.17) is 0 Å². The van der Waals surface area contributed by atoms with E-state index in [0.29, 0.717) is 23.2 Å². The second-order valence-electron chi connectivity index (χ2n) is 10.2. The lowest BCUT2D eigenvalue weighted by molar-refractivity contribution is -0.140. The molecule has 0 bridgehead atoms. The highest BCUT2D eigenvalue weighted by atomic mass is 32.2. The minimum Gasteiger partial charge on any atom is -0.352 e. The van der Waals surface area contributed by atoms with Gasteiger partial charge >= 0.3 is 0 Å². The van der Waals surface area contributed by atoms with E-state index < -0.39 is 34.3 Å². The van der Waals surface area contributed by atoms with Crippen molar-refractivity contribution in [3.8, 4) is 0 Å². The fourth-order valence-electron chi connectivity index (χ4n) is 4.36. The monoisotopic (exact) mass is 567 g/mol. The number of nitrogens with zero attached hydrogens (tertiary/aromatic N) is 2. The summed E-state index contributed by atoms with van der Waals surface area (Å²) in [5.41, 5.74) is 3.41. The third-order valence-corrected chi connectivity index (χ3v) is 7.98. The van der Waals surface area contributed by atoms with Crippen LogP contribution < -0.4 is 9.62 Å². The predicted octanol–water partition coefficient (Wildman–Crippen LogP) is 4.76. The number of rotatable bonds is 12. The van der Waals surface area contributed by atoms with E-state index >= 15 is 0 Å². The Kier molecular flexibility index (Phi) is 10.5.